The molecule has 0 aliphatic heterocycles. The van der Waals surface area contributed by atoms with E-state index in [0.29, 0.717) is 22.5 Å². The number of nitrogens with one attached hydrogen (secondary N) is 2. The van der Waals surface area contributed by atoms with Crippen molar-refractivity contribution in [2.24, 2.45) is 7.05 Å². The van der Waals surface area contributed by atoms with Gasteiger partial charge in [0.05, 0.1) is 28.6 Å². The van der Waals surface area contributed by atoms with Crippen molar-refractivity contribution in [2.75, 3.05) is 0 Å². The zero-order valence-corrected chi connectivity index (χ0v) is 13.5. The number of urea groups is 1. The smallest absolute Gasteiger partial charge is 0.315 e. The maximum atomic E-state index is 11.9. The standard InChI is InChI=1S/C15H16Cl2N4O/c1-21-7-10(19-8-21)6-18-15(22)20-14-5-11(14)9-2-3-12(16)13(17)4-9/h2-4,7-8,11,14H,5-6H2,1H3,(H2,18,20,22)/t11-,14+/m0/s1. The normalized spacial score (nSPS) is 19.8. The first kappa shape index (κ1) is 15.2. The Morgan fingerprint density at radius 2 is 2.23 bits per heavy atom. The number of aryl methyl sites for hydroxylation is 1. The minimum Gasteiger partial charge on any atom is -0.340 e. The van der Waals surface area contributed by atoms with Crippen LogP contribution >= 0.6 is 23.2 Å². The van der Waals surface area contributed by atoms with E-state index < -0.39 is 0 Å². The maximum absolute atomic E-state index is 11.9. The second-order valence-electron chi connectivity index (χ2n) is 5.48. The van der Waals surface area contributed by atoms with Gasteiger partial charge >= 0.3 is 6.03 Å². The summed E-state index contributed by atoms with van der Waals surface area (Å²) in [5, 5.41) is 6.85. The van der Waals surface area contributed by atoms with E-state index in [-0.39, 0.29) is 12.1 Å². The van der Waals surface area contributed by atoms with Crippen LogP contribution in [0.15, 0.2) is 30.7 Å². The van der Waals surface area contributed by atoms with Crippen LogP contribution in [0, 0.1) is 0 Å². The van der Waals surface area contributed by atoms with Crippen LogP contribution < -0.4 is 10.6 Å². The molecule has 116 valence electrons. The third-order valence-corrected chi connectivity index (χ3v) is 4.41. The van der Waals surface area contributed by atoms with Gasteiger partial charge in [0.15, 0.2) is 0 Å². The molecule has 0 spiro atoms. The Morgan fingerprint density at radius 1 is 1.41 bits per heavy atom. The lowest BCUT2D eigenvalue weighted by atomic mass is 10.1. The minimum absolute atomic E-state index is 0.140. The number of benzene rings is 1. The number of imidazole rings is 1. The summed E-state index contributed by atoms with van der Waals surface area (Å²) >= 11 is 11.9. The van der Waals surface area contributed by atoms with Crippen molar-refractivity contribution in [3.63, 3.8) is 0 Å². The predicted molar refractivity (Wildman–Crippen MR) is 86.2 cm³/mol. The van der Waals surface area contributed by atoms with Gasteiger partial charge in [0.1, 0.15) is 0 Å². The summed E-state index contributed by atoms with van der Waals surface area (Å²) in [6.45, 7) is 0.414. The summed E-state index contributed by atoms with van der Waals surface area (Å²) in [5.74, 6) is 0.301. The maximum Gasteiger partial charge on any atom is 0.315 e. The second kappa shape index (κ2) is 6.18. The van der Waals surface area contributed by atoms with Crippen LogP contribution in [0.25, 0.3) is 0 Å². The molecule has 2 amide bonds. The molecule has 3 rings (SSSR count). The SMILES string of the molecule is Cn1cnc(CNC(=O)N[C@@H]2C[C@H]2c2ccc(Cl)c(Cl)c2)c1. The molecule has 5 nitrogen and oxygen atoms in total. The van der Waals surface area contributed by atoms with Gasteiger partial charge < -0.3 is 15.2 Å². The van der Waals surface area contributed by atoms with Crippen molar-refractivity contribution in [1.82, 2.24) is 20.2 Å². The number of carbonyl (C=O) groups excluding carboxylic acids is 1. The Hall–Kier alpha value is -1.72. The lowest BCUT2D eigenvalue weighted by Crippen LogP contribution is -2.37. The highest BCUT2D eigenvalue weighted by atomic mass is 35.5. The Bertz CT molecular complexity index is 701. The van der Waals surface area contributed by atoms with Crippen molar-refractivity contribution >= 4 is 29.2 Å². The van der Waals surface area contributed by atoms with Gasteiger partial charge in [-0.15, -0.1) is 0 Å². The van der Waals surface area contributed by atoms with Crippen LogP contribution in [-0.2, 0) is 13.6 Å². The molecule has 0 bridgehead atoms. The van der Waals surface area contributed by atoms with E-state index in [1.165, 1.54) is 0 Å². The van der Waals surface area contributed by atoms with Gasteiger partial charge in [0, 0.05) is 25.2 Å². The quantitative estimate of drug-likeness (QED) is 0.899. The first-order valence-electron chi connectivity index (χ1n) is 6.99. The average molecular weight is 339 g/mol. The molecule has 1 saturated carbocycles. The van der Waals surface area contributed by atoms with E-state index in [1.807, 2.05) is 29.9 Å². The zero-order valence-electron chi connectivity index (χ0n) is 12.0. The van der Waals surface area contributed by atoms with E-state index in [9.17, 15) is 4.79 Å². The summed E-state index contributed by atoms with van der Waals surface area (Å²) in [4.78, 5) is 16.0. The third-order valence-electron chi connectivity index (χ3n) is 3.67. The van der Waals surface area contributed by atoms with Crippen molar-refractivity contribution in [1.29, 1.82) is 0 Å². The molecule has 0 saturated heterocycles. The minimum atomic E-state index is -0.182. The number of amides is 2. The fourth-order valence-electron chi connectivity index (χ4n) is 2.41. The van der Waals surface area contributed by atoms with Gasteiger partial charge in [-0.3, -0.25) is 0 Å². The molecular formula is C15H16Cl2N4O. The number of nitrogens with zero attached hydrogens (tertiary/aromatic N) is 2. The van der Waals surface area contributed by atoms with Gasteiger partial charge in [0.25, 0.3) is 0 Å². The zero-order chi connectivity index (χ0) is 15.7. The molecule has 2 aromatic rings. The van der Waals surface area contributed by atoms with Gasteiger partial charge in [-0.2, -0.15) is 0 Å². The largest absolute Gasteiger partial charge is 0.340 e. The Morgan fingerprint density at radius 3 is 2.91 bits per heavy atom. The number of halogens is 2. The topological polar surface area (TPSA) is 59.0 Å². The Balaban J connectivity index is 1.48. The molecule has 1 aliphatic carbocycles. The molecule has 0 unspecified atom stereocenters. The molecule has 1 heterocycles. The summed E-state index contributed by atoms with van der Waals surface area (Å²) in [6.07, 6.45) is 4.49. The van der Waals surface area contributed by atoms with Crippen molar-refractivity contribution < 1.29 is 4.79 Å². The highest BCUT2D eigenvalue weighted by Gasteiger charge is 2.39. The van der Waals surface area contributed by atoms with Crippen molar-refractivity contribution in [2.45, 2.75) is 24.9 Å². The van der Waals surface area contributed by atoms with Gasteiger partial charge in [-0.1, -0.05) is 29.3 Å². The lowest BCUT2D eigenvalue weighted by Gasteiger charge is -2.07. The number of hydrogen-bond acceptors (Lipinski definition) is 2. The van der Waals surface area contributed by atoms with Gasteiger partial charge in [-0.05, 0) is 24.1 Å². The number of aromatic nitrogens is 2. The molecule has 7 heteroatoms. The summed E-state index contributed by atoms with van der Waals surface area (Å²) in [6, 6.07) is 5.56. The van der Waals surface area contributed by atoms with Crippen LogP contribution in [0.3, 0.4) is 0 Å². The molecule has 2 atom stereocenters. The van der Waals surface area contributed by atoms with E-state index in [0.717, 1.165) is 17.7 Å². The molecule has 1 fully saturated rings. The van der Waals surface area contributed by atoms with Crippen LogP contribution in [0.4, 0.5) is 4.79 Å². The predicted octanol–water partition coefficient (Wildman–Crippen LogP) is 3.08. The third kappa shape index (κ3) is 3.54. The Labute approximate surface area is 138 Å². The summed E-state index contributed by atoms with van der Waals surface area (Å²) < 4.78 is 1.84. The van der Waals surface area contributed by atoms with Crippen LogP contribution in [0.5, 0.6) is 0 Å². The van der Waals surface area contributed by atoms with Crippen LogP contribution in [0.2, 0.25) is 10.0 Å². The number of rotatable bonds is 4. The van der Waals surface area contributed by atoms with E-state index >= 15 is 0 Å². The molecule has 0 radical (unpaired) electrons. The molecule has 1 aromatic carbocycles. The van der Waals surface area contributed by atoms with Gasteiger partial charge in [0.2, 0.25) is 0 Å². The van der Waals surface area contributed by atoms with Crippen LogP contribution in [0.1, 0.15) is 23.6 Å². The lowest BCUT2D eigenvalue weighted by molar-refractivity contribution is 0.240. The van der Waals surface area contributed by atoms with E-state index in [4.69, 9.17) is 23.2 Å². The highest BCUT2D eigenvalue weighted by molar-refractivity contribution is 6.42. The molecular weight excluding hydrogens is 323 g/mol. The monoisotopic (exact) mass is 338 g/mol. The second-order valence-corrected chi connectivity index (χ2v) is 6.29. The van der Waals surface area contributed by atoms with E-state index in [2.05, 4.69) is 15.6 Å². The molecule has 2 N–H and O–H groups in total. The fourth-order valence-corrected chi connectivity index (χ4v) is 2.72. The van der Waals surface area contributed by atoms with Gasteiger partial charge in [-0.25, -0.2) is 9.78 Å². The summed E-state index contributed by atoms with van der Waals surface area (Å²) in [5.41, 5.74) is 1.93. The first-order chi connectivity index (χ1) is 10.5. The fraction of sp³-hybridized carbons (Fsp3) is 0.333. The van der Waals surface area contributed by atoms with Crippen molar-refractivity contribution in [3.8, 4) is 0 Å². The molecule has 22 heavy (non-hydrogen) atoms. The number of hydrogen-bond donors (Lipinski definition) is 2. The Kier molecular flexibility index (Phi) is 4.27. The van der Waals surface area contributed by atoms with Crippen LogP contribution in [-0.4, -0.2) is 21.6 Å². The first-order valence-corrected chi connectivity index (χ1v) is 7.74. The average Bonchev–Trinajstić information content (AvgIpc) is 3.11. The molecule has 1 aliphatic rings. The highest BCUT2D eigenvalue weighted by Crippen LogP contribution is 2.42. The molecule has 1 aromatic heterocycles. The van der Waals surface area contributed by atoms with E-state index in [1.54, 1.807) is 12.4 Å². The number of carbonyl (C=O) groups is 1. The summed E-state index contributed by atoms with van der Waals surface area (Å²) in [7, 11) is 1.89. The van der Waals surface area contributed by atoms with Crippen molar-refractivity contribution in [3.05, 3.63) is 52.0 Å².